The van der Waals surface area contributed by atoms with Gasteiger partial charge in [-0.3, -0.25) is 9.36 Å². The number of ether oxygens (including phenoxy) is 1. The normalized spacial score (nSPS) is 10.7. The molecule has 3 aromatic carbocycles. The molecule has 0 saturated heterocycles. The Labute approximate surface area is 191 Å². The molecule has 162 valence electrons. The smallest absolute Gasteiger partial charge is 0.230 e. The molecule has 32 heavy (non-hydrogen) atoms. The molecular weight excluding hydrogens is 420 g/mol. The molecule has 0 radical (unpaired) electrons. The zero-order chi connectivity index (χ0) is 22.2. The van der Waals surface area contributed by atoms with Crippen molar-refractivity contribution in [1.82, 2.24) is 20.1 Å². The van der Waals surface area contributed by atoms with Crippen molar-refractivity contribution in [1.29, 1.82) is 0 Å². The van der Waals surface area contributed by atoms with Crippen molar-refractivity contribution < 1.29 is 9.53 Å². The molecule has 0 aliphatic heterocycles. The Bertz CT molecular complexity index is 1150. The van der Waals surface area contributed by atoms with Gasteiger partial charge < -0.3 is 10.1 Å². The molecule has 4 rings (SSSR count). The average molecular weight is 445 g/mol. The lowest BCUT2D eigenvalue weighted by atomic mass is 10.1. The van der Waals surface area contributed by atoms with Gasteiger partial charge in [-0.1, -0.05) is 72.4 Å². The minimum absolute atomic E-state index is 0.0484. The van der Waals surface area contributed by atoms with Crippen LogP contribution < -0.4 is 10.1 Å². The van der Waals surface area contributed by atoms with E-state index in [9.17, 15) is 4.79 Å². The van der Waals surface area contributed by atoms with Crippen molar-refractivity contribution in [2.75, 3.05) is 12.9 Å². The zero-order valence-corrected chi connectivity index (χ0v) is 18.6. The molecule has 0 fully saturated rings. The van der Waals surface area contributed by atoms with Gasteiger partial charge in [-0.2, -0.15) is 0 Å². The number of thioether (sulfide) groups is 1. The van der Waals surface area contributed by atoms with Crippen molar-refractivity contribution in [3.63, 3.8) is 0 Å². The predicted octanol–water partition coefficient (Wildman–Crippen LogP) is 4.28. The first-order chi connectivity index (χ1) is 15.7. The summed E-state index contributed by atoms with van der Waals surface area (Å²) >= 11 is 1.37. The van der Waals surface area contributed by atoms with E-state index in [1.54, 1.807) is 7.11 Å². The number of aromatic nitrogens is 3. The Kier molecular flexibility index (Phi) is 7.19. The number of benzene rings is 3. The van der Waals surface area contributed by atoms with E-state index >= 15 is 0 Å². The SMILES string of the molecule is COc1ccc(-n2c(Cc3ccccc3)nnc2SCC(=O)NCc2ccccc2)cc1. The standard InChI is InChI=1S/C25H24N4O2S/c1-31-22-14-12-21(13-15-22)29-23(16-19-8-4-2-5-9-19)27-28-25(29)32-18-24(30)26-17-20-10-6-3-7-11-20/h2-15H,16-18H2,1H3,(H,26,30). The monoisotopic (exact) mass is 444 g/mol. The predicted molar refractivity (Wildman–Crippen MR) is 126 cm³/mol. The molecule has 0 atom stereocenters. The number of hydrogen-bond acceptors (Lipinski definition) is 5. The maximum absolute atomic E-state index is 12.4. The summed E-state index contributed by atoms with van der Waals surface area (Å²) in [4.78, 5) is 12.4. The van der Waals surface area contributed by atoms with Crippen molar-refractivity contribution in [2.45, 2.75) is 18.1 Å². The Morgan fingerprint density at radius 3 is 2.22 bits per heavy atom. The molecule has 0 aliphatic carbocycles. The fraction of sp³-hybridized carbons (Fsp3) is 0.160. The fourth-order valence-corrected chi connectivity index (χ4v) is 4.06. The molecular formula is C25H24N4O2S. The zero-order valence-electron chi connectivity index (χ0n) is 17.8. The maximum atomic E-state index is 12.4. The molecule has 0 aliphatic rings. The Morgan fingerprint density at radius 1 is 0.906 bits per heavy atom. The van der Waals surface area contributed by atoms with E-state index < -0.39 is 0 Å². The van der Waals surface area contributed by atoms with Crippen LogP contribution in [0, 0.1) is 0 Å². The first-order valence-corrected chi connectivity index (χ1v) is 11.3. The fourth-order valence-electron chi connectivity index (χ4n) is 3.25. The second-order valence-electron chi connectivity index (χ2n) is 7.15. The number of hydrogen-bond donors (Lipinski definition) is 1. The van der Waals surface area contributed by atoms with Crippen LogP contribution in [0.2, 0.25) is 0 Å². The number of rotatable bonds is 9. The molecule has 0 spiro atoms. The molecule has 1 N–H and O–H groups in total. The van der Waals surface area contributed by atoms with Crippen molar-refractivity contribution in [3.8, 4) is 11.4 Å². The van der Waals surface area contributed by atoms with Gasteiger partial charge >= 0.3 is 0 Å². The Hall–Kier alpha value is -3.58. The molecule has 7 heteroatoms. The third-order valence-corrected chi connectivity index (χ3v) is 5.83. The van der Waals surface area contributed by atoms with Crippen molar-refractivity contribution in [3.05, 3.63) is 102 Å². The molecule has 1 amide bonds. The lowest BCUT2D eigenvalue weighted by Crippen LogP contribution is -2.24. The largest absolute Gasteiger partial charge is 0.497 e. The number of nitrogens with zero attached hydrogens (tertiary/aromatic N) is 3. The van der Waals surface area contributed by atoms with E-state index in [0.717, 1.165) is 28.4 Å². The van der Waals surface area contributed by atoms with Gasteiger partial charge in [-0.25, -0.2) is 0 Å². The van der Waals surface area contributed by atoms with Crippen LogP contribution >= 0.6 is 11.8 Å². The summed E-state index contributed by atoms with van der Waals surface area (Å²) in [6, 6.07) is 27.8. The lowest BCUT2D eigenvalue weighted by Gasteiger charge is -2.11. The van der Waals surface area contributed by atoms with Crippen LogP contribution in [0.5, 0.6) is 5.75 Å². The van der Waals surface area contributed by atoms with Crippen LogP contribution in [0.1, 0.15) is 17.0 Å². The summed E-state index contributed by atoms with van der Waals surface area (Å²) in [5, 5.41) is 12.5. The van der Waals surface area contributed by atoms with Crippen molar-refractivity contribution in [2.24, 2.45) is 0 Å². The first kappa shape index (κ1) is 21.6. The van der Waals surface area contributed by atoms with Gasteiger partial charge in [0, 0.05) is 18.7 Å². The van der Waals surface area contributed by atoms with Gasteiger partial charge in [0.25, 0.3) is 0 Å². The summed E-state index contributed by atoms with van der Waals surface area (Å²) in [6.45, 7) is 0.505. The van der Waals surface area contributed by atoms with Crippen LogP contribution in [0.25, 0.3) is 5.69 Å². The number of carbonyl (C=O) groups excluding carboxylic acids is 1. The van der Waals surface area contributed by atoms with Crippen LogP contribution in [0.15, 0.2) is 90.1 Å². The second kappa shape index (κ2) is 10.6. The topological polar surface area (TPSA) is 69.0 Å². The van der Waals surface area contributed by atoms with E-state index in [4.69, 9.17) is 4.74 Å². The van der Waals surface area contributed by atoms with Gasteiger partial charge in [0.1, 0.15) is 11.6 Å². The molecule has 0 bridgehead atoms. The van der Waals surface area contributed by atoms with Crippen LogP contribution in [0.3, 0.4) is 0 Å². The van der Waals surface area contributed by atoms with Gasteiger partial charge in [0.2, 0.25) is 5.91 Å². The summed E-state index contributed by atoms with van der Waals surface area (Å²) in [5.41, 5.74) is 3.14. The Morgan fingerprint density at radius 2 is 1.56 bits per heavy atom. The van der Waals surface area contributed by atoms with E-state index in [-0.39, 0.29) is 11.7 Å². The molecule has 1 aromatic heterocycles. The van der Waals surface area contributed by atoms with E-state index in [2.05, 4.69) is 27.6 Å². The number of amides is 1. The van der Waals surface area contributed by atoms with E-state index in [0.29, 0.717) is 18.1 Å². The third kappa shape index (κ3) is 5.56. The molecule has 4 aromatic rings. The molecule has 1 heterocycles. The Balaban J connectivity index is 1.50. The van der Waals surface area contributed by atoms with Crippen LogP contribution in [-0.2, 0) is 17.8 Å². The summed E-state index contributed by atoms with van der Waals surface area (Å²) in [5.74, 6) is 1.80. The van der Waals surface area contributed by atoms with Gasteiger partial charge in [-0.15, -0.1) is 10.2 Å². The quantitative estimate of drug-likeness (QED) is 0.390. The van der Waals surface area contributed by atoms with Crippen LogP contribution in [-0.4, -0.2) is 33.5 Å². The van der Waals surface area contributed by atoms with Crippen LogP contribution in [0.4, 0.5) is 0 Å². The number of methoxy groups -OCH3 is 1. The average Bonchev–Trinajstić information content (AvgIpc) is 3.25. The third-order valence-electron chi connectivity index (χ3n) is 4.90. The summed E-state index contributed by atoms with van der Waals surface area (Å²) in [7, 11) is 1.64. The minimum atomic E-state index is -0.0484. The number of carbonyl (C=O) groups is 1. The lowest BCUT2D eigenvalue weighted by molar-refractivity contribution is -0.118. The van der Waals surface area contributed by atoms with E-state index in [1.807, 2.05) is 77.4 Å². The highest BCUT2D eigenvalue weighted by Gasteiger charge is 2.16. The van der Waals surface area contributed by atoms with Gasteiger partial charge in [-0.05, 0) is 35.4 Å². The maximum Gasteiger partial charge on any atom is 0.230 e. The van der Waals surface area contributed by atoms with E-state index in [1.165, 1.54) is 11.8 Å². The summed E-state index contributed by atoms with van der Waals surface area (Å²) < 4.78 is 7.29. The first-order valence-electron chi connectivity index (χ1n) is 10.3. The molecule has 6 nitrogen and oxygen atoms in total. The highest BCUT2D eigenvalue weighted by atomic mass is 32.2. The second-order valence-corrected chi connectivity index (χ2v) is 8.09. The highest BCUT2D eigenvalue weighted by molar-refractivity contribution is 7.99. The highest BCUT2D eigenvalue weighted by Crippen LogP contribution is 2.25. The van der Waals surface area contributed by atoms with Gasteiger partial charge in [0.05, 0.1) is 12.9 Å². The number of nitrogens with one attached hydrogen (secondary N) is 1. The minimum Gasteiger partial charge on any atom is -0.497 e. The van der Waals surface area contributed by atoms with Crippen molar-refractivity contribution >= 4 is 17.7 Å². The molecule has 0 unspecified atom stereocenters. The van der Waals surface area contributed by atoms with Gasteiger partial charge in [0.15, 0.2) is 5.16 Å². The summed E-state index contributed by atoms with van der Waals surface area (Å²) in [6.07, 6.45) is 0.640. The molecule has 0 saturated carbocycles.